The van der Waals surface area contributed by atoms with Crippen LogP contribution in [0.5, 0.6) is 0 Å². The molecule has 0 radical (unpaired) electrons. The second-order valence-electron chi connectivity index (χ2n) is 2.87. The van der Waals surface area contributed by atoms with Gasteiger partial charge in [0.25, 0.3) is 0 Å². The van der Waals surface area contributed by atoms with E-state index in [9.17, 15) is 9.59 Å². The summed E-state index contributed by atoms with van der Waals surface area (Å²) in [6.45, 7) is 1.46. The summed E-state index contributed by atoms with van der Waals surface area (Å²) in [5, 5.41) is 0. The average molecular weight is 202 g/mol. The fraction of sp³-hybridized carbons (Fsp3) is 0.167. The van der Waals surface area contributed by atoms with E-state index in [2.05, 4.69) is 11.8 Å². The van der Waals surface area contributed by atoms with Gasteiger partial charge in [-0.25, -0.2) is 4.79 Å². The van der Waals surface area contributed by atoms with Crippen LogP contribution in [0.1, 0.15) is 12.5 Å². The van der Waals surface area contributed by atoms with Gasteiger partial charge in [0.15, 0.2) is 0 Å². The molecule has 0 saturated heterocycles. The van der Waals surface area contributed by atoms with E-state index in [0.717, 1.165) is 5.56 Å². The van der Waals surface area contributed by atoms with Crippen molar-refractivity contribution in [2.45, 2.75) is 13.5 Å². The molecule has 76 valence electrons. The Morgan fingerprint density at radius 1 is 1.20 bits per heavy atom. The largest absolute Gasteiger partial charge is 0.451 e. The van der Waals surface area contributed by atoms with Crippen LogP contribution in [0.25, 0.3) is 0 Å². The fourth-order valence-electron chi connectivity index (χ4n) is 0.898. The van der Waals surface area contributed by atoms with Crippen molar-refractivity contribution in [3.8, 4) is 11.8 Å². The van der Waals surface area contributed by atoms with Crippen molar-refractivity contribution in [1.82, 2.24) is 0 Å². The summed E-state index contributed by atoms with van der Waals surface area (Å²) < 4.78 is 4.81. The van der Waals surface area contributed by atoms with Gasteiger partial charge in [-0.3, -0.25) is 4.79 Å². The molecule has 15 heavy (non-hydrogen) atoms. The van der Waals surface area contributed by atoms with Crippen LogP contribution in [0.3, 0.4) is 0 Å². The Hall–Kier alpha value is -2.08. The molecule has 0 amide bonds. The van der Waals surface area contributed by atoms with Crippen molar-refractivity contribution >= 4 is 11.8 Å². The van der Waals surface area contributed by atoms with Crippen LogP contribution >= 0.6 is 0 Å². The van der Waals surface area contributed by atoms with Gasteiger partial charge in [-0.1, -0.05) is 30.3 Å². The molecule has 0 saturated carbocycles. The SMILES string of the molecule is CC(=O)C#CC(=O)OCc1ccccc1. The van der Waals surface area contributed by atoms with E-state index in [1.165, 1.54) is 6.92 Å². The van der Waals surface area contributed by atoms with Crippen LogP contribution in [0.15, 0.2) is 30.3 Å². The highest BCUT2D eigenvalue weighted by molar-refractivity contribution is 6.00. The lowest BCUT2D eigenvalue weighted by atomic mass is 10.2. The molecule has 0 unspecified atom stereocenters. The summed E-state index contributed by atoms with van der Waals surface area (Å²) >= 11 is 0. The molecule has 0 atom stereocenters. The van der Waals surface area contributed by atoms with E-state index < -0.39 is 5.97 Å². The smallest absolute Gasteiger partial charge is 0.385 e. The summed E-state index contributed by atoms with van der Waals surface area (Å²) in [5.41, 5.74) is 0.885. The number of carbonyl (C=O) groups is 2. The standard InChI is InChI=1S/C12H10O3/c1-10(13)7-8-12(14)15-9-11-5-3-2-4-6-11/h2-6H,9H2,1H3. The Morgan fingerprint density at radius 3 is 2.47 bits per heavy atom. The molecular weight excluding hydrogens is 192 g/mol. The number of rotatable bonds is 2. The number of ether oxygens (including phenoxy) is 1. The third kappa shape index (κ3) is 4.63. The summed E-state index contributed by atoms with van der Waals surface area (Å²) in [5.74, 6) is 3.17. The Labute approximate surface area is 88.1 Å². The maximum Gasteiger partial charge on any atom is 0.385 e. The van der Waals surface area contributed by atoms with Crippen molar-refractivity contribution < 1.29 is 14.3 Å². The van der Waals surface area contributed by atoms with Crippen LogP contribution in [0, 0.1) is 11.8 Å². The minimum atomic E-state index is -0.686. The minimum Gasteiger partial charge on any atom is -0.451 e. The Bertz CT molecular complexity index is 409. The van der Waals surface area contributed by atoms with E-state index in [0.29, 0.717) is 0 Å². The third-order valence-corrected chi connectivity index (χ3v) is 1.55. The van der Waals surface area contributed by atoms with E-state index in [1.54, 1.807) is 0 Å². The van der Waals surface area contributed by atoms with Gasteiger partial charge >= 0.3 is 5.97 Å². The highest BCUT2D eigenvalue weighted by Crippen LogP contribution is 1.99. The van der Waals surface area contributed by atoms with E-state index >= 15 is 0 Å². The third-order valence-electron chi connectivity index (χ3n) is 1.55. The molecule has 1 aromatic rings. The lowest BCUT2D eigenvalue weighted by Gasteiger charge is -1.99. The topological polar surface area (TPSA) is 43.4 Å². The molecule has 0 spiro atoms. The molecule has 0 aromatic heterocycles. The zero-order valence-corrected chi connectivity index (χ0v) is 8.32. The number of ketones is 1. The predicted molar refractivity (Wildman–Crippen MR) is 54.7 cm³/mol. The number of Topliss-reactive ketones (excluding diaryl/α,β-unsaturated/α-hetero) is 1. The van der Waals surface area contributed by atoms with Crippen molar-refractivity contribution in [2.24, 2.45) is 0 Å². The average Bonchev–Trinajstić information content (AvgIpc) is 2.25. The van der Waals surface area contributed by atoms with Crippen molar-refractivity contribution in [3.05, 3.63) is 35.9 Å². The van der Waals surface area contributed by atoms with Crippen LogP contribution in [-0.2, 0) is 20.9 Å². The lowest BCUT2D eigenvalue weighted by Crippen LogP contribution is -2.01. The number of benzene rings is 1. The minimum absolute atomic E-state index is 0.173. The van der Waals surface area contributed by atoms with E-state index in [1.807, 2.05) is 30.3 Å². The van der Waals surface area contributed by atoms with Crippen molar-refractivity contribution in [1.29, 1.82) is 0 Å². The number of carbonyl (C=O) groups excluding carboxylic acids is 2. The van der Waals surface area contributed by atoms with Gasteiger partial charge in [-0.15, -0.1) is 0 Å². The monoisotopic (exact) mass is 202 g/mol. The van der Waals surface area contributed by atoms with Crippen LogP contribution in [-0.4, -0.2) is 11.8 Å². The van der Waals surface area contributed by atoms with Gasteiger partial charge in [-0.05, 0) is 11.5 Å². The highest BCUT2D eigenvalue weighted by atomic mass is 16.5. The van der Waals surface area contributed by atoms with Crippen molar-refractivity contribution in [3.63, 3.8) is 0 Å². The Morgan fingerprint density at radius 2 is 1.87 bits per heavy atom. The normalized spacial score (nSPS) is 8.60. The second kappa shape index (κ2) is 5.61. The molecule has 0 aliphatic heterocycles. The molecule has 0 aliphatic rings. The Balaban J connectivity index is 2.43. The second-order valence-corrected chi connectivity index (χ2v) is 2.87. The highest BCUT2D eigenvalue weighted by Gasteiger charge is 1.97. The van der Waals surface area contributed by atoms with E-state index in [4.69, 9.17) is 4.74 Å². The predicted octanol–water partition coefficient (Wildman–Crippen LogP) is 1.32. The molecule has 0 N–H and O–H groups in total. The summed E-state index contributed by atoms with van der Waals surface area (Å²) in [6.07, 6.45) is 0. The summed E-state index contributed by atoms with van der Waals surface area (Å²) in [4.78, 5) is 21.4. The number of esters is 1. The van der Waals surface area contributed by atoms with Crippen LogP contribution in [0.2, 0.25) is 0 Å². The molecule has 0 heterocycles. The van der Waals surface area contributed by atoms with Crippen LogP contribution < -0.4 is 0 Å². The molecule has 3 nitrogen and oxygen atoms in total. The van der Waals surface area contributed by atoms with Gasteiger partial charge in [0, 0.05) is 12.8 Å². The first-order valence-electron chi connectivity index (χ1n) is 4.42. The zero-order valence-electron chi connectivity index (χ0n) is 8.32. The molecule has 0 fully saturated rings. The molecule has 3 heteroatoms. The first-order valence-corrected chi connectivity index (χ1v) is 4.42. The molecule has 0 bridgehead atoms. The van der Waals surface area contributed by atoms with Gasteiger partial charge in [0.1, 0.15) is 6.61 Å². The lowest BCUT2D eigenvalue weighted by molar-refractivity contribution is -0.138. The number of hydrogen-bond acceptors (Lipinski definition) is 3. The molecular formula is C12H10O3. The van der Waals surface area contributed by atoms with Crippen LogP contribution in [0.4, 0.5) is 0 Å². The molecule has 1 aromatic carbocycles. The number of hydrogen-bond donors (Lipinski definition) is 0. The van der Waals surface area contributed by atoms with Gasteiger partial charge in [-0.2, -0.15) is 0 Å². The summed E-state index contributed by atoms with van der Waals surface area (Å²) in [6, 6.07) is 9.26. The molecule has 1 rings (SSSR count). The first kappa shape index (κ1) is 11.0. The van der Waals surface area contributed by atoms with Gasteiger partial charge < -0.3 is 4.74 Å². The van der Waals surface area contributed by atoms with Gasteiger partial charge in [0.2, 0.25) is 5.78 Å². The molecule has 0 aliphatic carbocycles. The maximum absolute atomic E-state index is 11.0. The van der Waals surface area contributed by atoms with E-state index in [-0.39, 0.29) is 12.4 Å². The Kier molecular flexibility index (Phi) is 4.11. The van der Waals surface area contributed by atoms with Gasteiger partial charge in [0.05, 0.1) is 0 Å². The quantitative estimate of drug-likeness (QED) is 0.314. The maximum atomic E-state index is 11.0. The fourth-order valence-corrected chi connectivity index (χ4v) is 0.898. The first-order chi connectivity index (χ1) is 7.18. The van der Waals surface area contributed by atoms with Crippen molar-refractivity contribution in [2.75, 3.05) is 0 Å². The zero-order chi connectivity index (χ0) is 11.1. The summed E-state index contributed by atoms with van der Waals surface area (Å²) in [7, 11) is 0.